The smallest absolute Gasteiger partial charge is 0.206 e. The predicted octanol–water partition coefficient (Wildman–Crippen LogP) is 6.75. The van der Waals surface area contributed by atoms with Crippen molar-refractivity contribution in [2.24, 2.45) is 0 Å². The summed E-state index contributed by atoms with van der Waals surface area (Å²) in [6.07, 6.45) is 13.3. The van der Waals surface area contributed by atoms with Crippen LogP contribution in [0, 0.1) is 0 Å². The monoisotopic (exact) mass is 318 g/mol. The fourth-order valence-corrected chi connectivity index (χ4v) is 5.37. The van der Waals surface area contributed by atoms with E-state index < -0.39 is 7.37 Å². The maximum Gasteiger partial charge on any atom is 0.206 e. The van der Waals surface area contributed by atoms with Gasteiger partial charge in [0.1, 0.15) is 0 Å². The van der Waals surface area contributed by atoms with Gasteiger partial charge in [-0.25, -0.2) is 0 Å². The van der Waals surface area contributed by atoms with Crippen molar-refractivity contribution in [2.75, 3.05) is 0 Å². The normalized spacial score (nSPS) is 17.4. The summed E-state index contributed by atoms with van der Waals surface area (Å²) in [6, 6.07) is 0. The average Bonchev–Trinajstić information content (AvgIpc) is 2.46. The SMILES string of the molecule is CCCCCCC(C)P(=O)(O)C(CCCC)CCCCC. The van der Waals surface area contributed by atoms with Crippen LogP contribution in [0.2, 0.25) is 0 Å². The molecule has 128 valence electrons. The molecule has 0 saturated carbocycles. The first kappa shape index (κ1) is 21.2. The molecule has 0 rings (SSSR count). The molecule has 2 nitrogen and oxygen atoms in total. The standard InChI is InChI=1S/C18H39O2P/c1-5-8-11-13-14-17(4)21(19,20)18(15-10-7-3)16-12-9-6-2/h17-18H,5-16H2,1-4H3,(H,19,20). The van der Waals surface area contributed by atoms with Crippen molar-refractivity contribution in [1.82, 2.24) is 0 Å². The second kappa shape index (κ2) is 12.7. The van der Waals surface area contributed by atoms with Crippen LogP contribution in [0.3, 0.4) is 0 Å². The van der Waals surface area contributed by atoms with E-state index in [0.717, 1.165) is 44.9 Å². The van der Waals surface area contributed by atoms with Gasteiger partial charge in [0.2, 0.25) is 7.37 Å². The molecule has 0 heterocycles. The van der Waals surface area contributed by atoms with Crippen LogP contribution in [0.15, 0.2) is 0 Å². The minimum absolute atomic E-state index is 0.0159. The molecule has 0 saturated heterocycles. The van der Waals surface area contributed by atoms with Gasteiger partial charge in [0, 0.05) is 11.3 Å². The van der Waals surface area contributed by atoms with Crippen molar-refractivity contribution in [1.29, 1.82) is 0 Å². The van der Waals surface area contributed by atoms with Crippen molar-refractivity contribution < 1.29 is 9.46 Å². The Balaban J connectivity index is 4.45. The summed E-state index contributed by atoms with van der Waals surface area (Å²) in [7, 11) is -3.01. The zero-order valence-corrected chi connectivity index (χ0v) is 15.8. The van der Waals surface area contributed by atoms with Crippen LogP contribution in [0.1, 0.15) is 105 Å². The van der Waals surface area contributed by atoms with Crippen LogP contribution >= 0.6 is 7.37 Å². The van der Waals surface area contributed by atoms with Gasteiger partial charge in [-0.2, -0.15) is 0 Å². The fraction of sp³-hybridized carbons (Fsp3) is 1.00. The molecule has 0 bridgehead atoms. The van der Waals surface area contributed by atoms with E-state index in [2.05, 4.69) is 20.8 Å². The minimum Gasteiger partial charge on any atom is -0.344 e. The van der Waals surface area contributed by atoms with Gasteiger partial charge in [0.25, 0.3) is 0 Å². The van der Waals surface area contributed by atoms with Gasteiger partial charge < -0.3 is 4.89 Å². The maximum atomic E-state index is 12.9. The first-order chi connectivity index (χ1) is 10.0. The molecule has 0 radical (unpaired) electrons. The second-order valence-electron chi connectivity index (χ2n) is 6.66. The lowest BCUT2D eigenvalue weighted by Crippen LogP contribution is -2.17. The van der Waals surface area contributed by atoms with Crippen LogP contribution in [0.5, 0.6) is 0 Å². The van der Waals surface area contributed by atoms with E-state index >= 15 is 0 Å². The van der Waals surface area contributed by atoms with Crippen LogP contribution in [-0.2, 0) is 4.57 Å². The molecule has 0 aliphatic carbocycles. The number of hydrogen-bond donors (Lipinski definition) is 1. The van der Waals surface area contributed by atoms with Crippen molar-refractivity contribution >= 4 is 7.37 Å². The van der Waals surface area contributed by atoms with Crippen molar-refractivity contribution in [2.45, 2.75) is 116 Å². The summed E-state index contributed by atoms with van der Waals surface area (Å²) in [4.78, 5) is 10.7. The third kappa shape index (κ3) is 9.04. The van der Waals surface area contributed by atoms with Gasteiger partial charge >= 0.3 is 0 Å². The molecule has 21 heavy (non-hydrogen) atoms. The molecule has 3 heteroatoms. The van der Waals surface area contributed by atoms with Crippen LogP contribution in [0.4, 0.5) is 0 Å². The van der Waals surface area contributed by atoms with Crippen LogP contribution in [0.25, 0.3) is 0 Å². The van der Waals surface area contributed by atoms with E-state index in [1.807, 2.05) is 6.92 Å². The van der Waals surface area contributed by atoms with Crippen molar-refractivity contribution in [3.8, 4) is 0 Å². The van der Waals surface area contributed by atoms with E-state index in [1.165, 1.54) is 32.1 Å². The zero-order chi connectivity index (χ0) is 16.1. The van der Waals surface area contributed by atoms with Gasteiger partial charge in [-0.05, 0) is 19.3 Å². The lowest BCUT2D eigenvalue weighted by molar-refractivity contribution is 0.425. The molecule has 3 unspecified atom stereocenters. The quantitative estimate of drug-likeness (QED) is 0.284. The molecule has 0 aromatic carbocycles. The fourth-order valence-electron chi connectivity index (χ4n) is 3.00. The Hall–Kier alpha value is 0.190. The van der Waals surface area contributed by atoms with Gasteiger partial charge in [0.15, 0.2) is 0 Å². The Morgan fingerprint density at radius 3 is 1.81 bits per heavy atom. The van der Waals surface area contributed by atoms with E-state index in [-0.39, 0.29) is 11.3 Å². The summed E-state index contributed by atoms with van der Waals surface area (Å²) in [5.74, 6) is 0. The van der Waals surface area contributed by atoms with Crippen molar-refractivity contribution in [3.63, 3.8) is 0 Å². The van der Waals surface area contributed by atoms with E-state index in [1.54, 1.807) is 0 Å². The maximum absolute atomic E-state index is 12.9. The molecule has 0 spiro atoms. The van der Waals surface area contributed by atoms with Crippen LogP contribution in [-0.4, -0.2) is 16.2 Å². The summed E-state index contributed by atoms with van der Waals surface area (Å²) in [5.41, 5.74) is 0.0306. The summed E-state index contributed by atoms with van der Waals surface area (Å²) in [5, 5.41) is 0. The summed E-state index contributed by atoms with van der Waals surface area (Å²) >= 11 is 0. The highest BCUT2D eigenvalue weighted by atomic mass is 31.2. The molecule has 0 aromatic rings. The van der Waals surface area contributed by atoms with E-state index in [4.69, 9.17) is 0 Å². The third-order valence-corrected chi connectivity index (χ3v) is 7.75. The zero-order valence-electron chi connectivity index (χ0n) is 14.9. The largest absolute Gasteiger partial charge is 0.344 e. The molecule has 0 fully saturated rings. The van der Waals surface area contributed by atoms with Gasteiger partial charge in [-0.15, -0.1) is 0 Å². The predicted molar refractivity (Wildman–Crippen MR) is 95.5 cm³/mol. The Morgan fingerprint density at radius 2 is 1.24 bits per heavy atom. The number of hydrogen-bond acceptors (Lipinski definition) is 1. The van der Waals surface area contributed by atoms with E-state index in [9.17, 15) is 9.46 Å². The summed E-state index contributed by atoms with van der Waals surface area (Å²) in [6.45, 7) is 8.57. The first-order valence-electron chi connectivity index (χ1n) is 9.32. The Morgan fingerprint density at radius 1 is 0.762 bits per heavy atom. The van der Waals surface area contributed by atoms with Crippen LogP contribution < -0.4 is 0 Å². The molecule has 3 atom stereocenters. The number of rotatable bonds is 14. The Labute approximate surface area is 133 Å². The van der Waals surface area contributed by atoms with Gasteiger partial charge in [0.05, 0.1) is 0 Å². The minimum atomic E-state index is -3.01. The highest BCUT2D eigenvalue weighted by molar-refractivity contribution is 7.59. The first-order valence-corrected chi connectivity index (χ1v) is 11.1. The molecule has 1 N–H and O–H groups in total. The lowest BCUT2D eigenvalue weighted by atomic mass is 10.1. The van der Waals surface area contributed by atoms with Gasteiger partial charge in [-0.3, -0.25) is 4.57 Å². The number of unbranched alkanes of at least 4 members (excludes halogenated alkanes) is 6. The topological polar surface area (TPSA) is 37.3 Å². The molecular formula is C18H39O2P. The Bertz CT molecular complexity index is 278. The summed E-state index contributed by atoms with van der Waals surface area (Å²) < 4.78 is 12.9. The van der Waals surface area contributed by atoms with Crippen molar-refractivity contribution in [3.05, 3.63) is 0 Å². The molecule has 0 aliphatic rings. The second-order valence-corrected chi connectivity index (χ2v) is 9.62. The van der Waals surface area contributed by atoms with E-state index in [0.29, 0.717) is 0 Å². The Kier molecular flexibility index (Phi) is 12.8. The highest BCUT2D eigenvalue weighted by Gasteiger charge is 2.34. The third-order valence-electron chi connectivity index (χ3n) is 4.66. The lowest BCUT2D eigenvalue weighted by Gasteiger charge is -2.28. The molecule has 0 aromatic heterocycles. The molecule has 0 aliphatic heterocycles. The average molecular weight is 318 g/mol. The highest BCUT2D eigenvalue weighted by Crippen LogP contribution is 2.56. The van der Waals surface area contributed by atoms with Gasteiger partial charge in [-0.1, -0.05) is 85.5 Å². The molecule has 0 amide bonds. The molecular weight excluding hydrogens is 279 g/mol.